The van der Waals surface area contributed by atoms with Gasteiger partial charge < -0.3 is 5.32 Å². The third-order valence-corrected chi connectivity index (χ3v) is 5.59. The molecule has 0 aromatic heterocycles. The van der Waals surface area contributed by atoms with Gasteiger partial charge in [0.1, 0.15) is 0 Å². The zero-order chi connectivity index (χ0) is 13.6. The summed E-state index contributed by atoms with van der Waals surface area (Å²) in [6, 6.07) is 7.01. The van der Waals surface area contributed by atoms with E-state index in [1.807, 2.05) is 19.1 Å². The number of sulfone groups is 1. The second-order valence-electron chi connectivity index (χ2n) is 4.27. The molecule has 1 unspecified atom stereocenters. The third-order valence-electron chi connectivity index (χ3n) is 2.68. The summed E-state index contributed by atoms with van der Waals surface area (Å²) >= 11 is 1.80. The van der Waals surface area contributed by atoms with E-state index < -0.39 is 9.84 Å². The van der Waals surface area contributed by atoms with E-state index in [4.69, 9.17) is 0 Å². The molecule has 0 saturated heterocycles. The Balaban J connectivity index is 2.68. The van der Waals surface area contributed by atoms with Crippen LogP contribution in [0.15, 0.2) is 29.2 Å². The Bertz CT molecular complexity index is 454. The molecule has 1 rings (SSSR count). The number of thioether (sulfide) groups is 1. The number of rotatable bonds is 7. The van der Waals surface area contributed by atoms with E-state index in [2.05, 4.69) is 18.5 Å². The number of benzene rings is 1. The monoisotopic (exact) mass is 287 g/mol. The zero-order valence-electron chi connectivity index (χ0n) is 11.1. The molecule has 5 heteroatoms. The van der Waals surface area contributed by atoms with Gasteiger partial charge in [-0.15, -0.1) is 0 Å². The van der Waals surface area contributed by atoms with Crippen LogP contribution in [0.4, 0.5) is 5.69 Å². The van der Waals surface area contributed by atoms with Crippen LogP contribution in [0, 0.1) is 0 Å². The molecular weight excluding hydrogens is 266 g/mol. The minimum Gasteiger partial charge on any atom is -0.384 e. The molecule has 0 heterocycles. The zero-order valence-corrected chi connectivity index (χ0v) is 12.8. The molecule has 0 fully saturated rings. The van der Waals surface area contributed by atoms with Crippen LogP contribution in [-0.4, -0.2) is 32.2 Å². The second-order valence-corrected chi connectivity index (χ2v) is 7.66. The number of hydrogen-bond acceptors (Lipinski definition) is 4. The lowest BCUT2D eigenvalue weighted by atomic mass is 10.3. The van der Waals surface area contributed by atoms with Gasteiger partial charge in [-0.2, -0.15) is 11.8 Å². The highest BCUT2D eigenvalue weighted by Gasteiger charge is 2.12. The van der Waals surface area contributed by atoms with Crippen molar-refractivity contribution in [3.63, 3.8) is 0 Å². The Labute approximate surface area is 114 Å². The van der Waals surface area contributed by atoms with Gasteiger partial charge in [-0.05, 0) is 36.9 Å². The fourth-order valence-electron chi connectivity index (χ4n) is 1.51. The van der Waals surface area contributed by atoms with Gasteiger partial charge in [-0.1, -0.05) is 13.8 Å². The van der Waals surface area contributed by atoms with Crippen molar-refractivity contribution in [2.24, 2.45) is 0 Å². The van der Waals surface area contributed by atoms with Crippen molar-refractivity contribution >= 4 is 27.3 Å². The fraction of sp³-hybridized carbons (Fsp3) is 0.538. The van der Waals surface area contributed by atoms with Gasteiger partial charge in [0.15, 0.2) is 9.84 Å². The highest BCUT2D eigenvalue weighted by atomic mass is 32.2. The SMILES string of the molecule is CCCS(=O)(=O)c1ccc(NCC(C)SC)cc1. The quantitative estimate of drug-likeness (QED) is 0.837. The van der Waals surface area contributed by atoms with Crippen molar-refractivity contribution in [3.05, 3.63) is 24.3 Å². The molecule has 3 nitrogen and oxygen atoms in total. The standard InChI is InChI=1S/C13H21NO2S2/c1-4-9-18(15,16)13-7-5-12(6-8-13)14-10-11(2)17-3/h5-8,11,14H,4,9-10H2,1-3H3. The lowest BCUT2D eigenvalue weighted by Crippen LogP contribution is -2.12. The molecule has 1 aromatic rings. The Morgan fingerprint density at radius 2 is 1.89 bits per heavy atom. The van der Waals surface area contributed by atoms with E-state index in [9.17, 15) is 8.42 Å². The first-order chi connectivity index (χ1) is 8.49. The van der Waals surface area contributed by atoms with Gasteiger partial charge in [0.25, 0.3) is 0 Å². The maximum absolute atomic E-state index is 11.8. The van der Waals surface area contributed by atoms with E-state index in [1.165, 1.54) is 0 Å². The van der Waals surface area contributed by atoms with Crippen molar-refractivity contribution in [3.8, 4) is 0 Å². The highest BCUT2D eigenvalue weighted by molar-refractivity contribution is 7.99. The van der Waals surface area contributed by atoms with Crippen molar-refractivity contribution in [1.29, 1.82) is 0 Å². The molecule has 102 valence electrons. The minimum atomic E-state index is -3.09. The predicted octanol–water partition coefficient (Wildman–Crippen LogP) is 3.03. The van der Waals surface area contributed by atoms with Crippen LogP contribution in [0.1, 0.15) is 20.3 Å². The summed E-state index contributed by atoms with van der Waals surface area (Å²) in [4.78, 5) is 0.410. The average molecular weight is 287 g/mol. The van der Waals surface area contributed by atoms with Crippen molar-refractivity contribution < 1.29 is 8.42 Å². The summed E-state index contributed by atoms with van der Waals surface area (Å²) in [5, 5.41) is 3.83. The van der Waals surface area contributed by atoms with Crippen LogP contribution < -0.4 is 5.32 Å². The van der Waals surface area contributed by atoms with Gasteiger partial charge in [0, 0.05) is 17.5 Å². The summed E-state index contributed by atoms with van der Waals surface area (Å²) in [6.07, 6.45) is 2.72. The molecule has 0 bridgehead atoms. The van der Waals surface area contributed by atoms with E-state index in [0.29, 0.717) is 16.6 Å². The molecule has 1 atom stereocenters. The lowest BCUT2D eigenvalue weighted by Gasteiger charge is -2.11. The van der Waals surface area contributed by atoms with E-state index in [1.54, 1.807) is 23.9 Å². The molecule has 0 aliphatic carbocycles. The average Bonchev–Trinajstić information content (AvgIpc) is 2.36. The van der Waals surface area contributed by atoms with Crippen LogP contribution in [0.2, 0.25) is 0 Å². The Kier molecular flexibility index (Phi) is 6.02. The number of nitrogens with one attached hydrogen (secondary N) is 1. The van der Waals surface area contributed by atoms with Crippen LogP contribution >= 0.6 is 11.8 Å². The molecule has 0 saturated carbocycles. The summed E-state index contributed by atoms with van der Waals surface area (Å²) in [7, 11) is -3.09. The lowest BCUT2D eigenvalue weighted by molar-refractivity contribution is 0.595. The Morgan fingerprint density at radius 3 is 2.39 bits per heavy atom. The smallest absolute Gasteiger partial charge is 0.178 e. The van der Waals surface area contributed by atoms with Crippen LogP contribution in [0.25, 0.3) is 0 Å². The van der Waals surface area contributed by atoms with Gasteiger partial charge >= 0.3 is 0 Å². The van der Waals surface area contributed by atoms with E-state index >= 15 is 0 Å². The summed E-state index contributed by atoms with van der Waals surface area (Å²) in [5.74, 6) is 0.212. The number of hydrogen-bond donors (Lipinski definition) is 1. The van der Waals surface area contributed by atoms with Crippen molar-refractivity contribution in [2.45, 2.75) is 30.4 Å². The summed E-state index contributed by atoms with van der Waals surface area (Å²) in [5.41, 5.74) is 0.964. The van der Waals surface area contributed by atoms with Crippen LogP contribution in [-0.2, 0) is 9.84 Å². The Morgan fingerprint density at radius 1 is 1.28 bits per heavy atom. The molecule has 0 spiro atoms. The predicted molar refractivity (Wildman–Crippen MR) is 80.3 cm³/mol. The maximum atomic E-state index is 11.8. The van der Waals surface area contributed by atoms with Gasteiger partial charge in [0.2, 0.25) is 0 Å². The Hall–Kier alpha value is -0.680. The highest BCUT2D eigenvalue weighted by Crippen LogP contribution is 2.16. The maximum Gasteiger partial charge on any atom is 0.178 e. The molecule has 0 amide bonds. The molecule has 18 heavy (non-hydrogen) atoms. The third kappa shape index (κ3) is 4.53. The first kappa shape index (κ1) is 15.4. The van der Waals surface area contributed by atoms with Gasteiger partial charge in [-0.3, -0.25) is 0 Å². The fourth-order valence-corrected chi connectivity index (χ4v) is 3.09. The minimum absolute atomic E-state index is 0.212. The topological polar surface area (TPSA) is 46.2 Å². The first-order valence-electron chi connectivity index (χ1n) is 6.09. The largest absolute Gasteiger partial charge is 0.384 e. The molecule has 1 aromatic carbocycles. The van der Waals surface area contributed by atoms with Crippen LogP contribution in [0.3, 0.4) is 0 Å². The van der Waals surface area contributed by atoms with E-state index in [0.717, 1.165) is 12.2 Å². The van der Waals surface area contributed by atoms with E-state index in [-0.39, 0.29) is 5.75 Å². The molecule has 1 N–H and O–H groups in total. The van der Waals surface area contributed by atoms with Crippen LogP contribution in [0.5, 0.6) is 0 Å². The first-order valence-corrected chi connectivity index (χ1v) is 9.03. The van der Waals surface area contributed by atoms with Crippen molar-refractivity contribution in [2.75, 3.05) is 23.9 Å². The molecule has 0 aliphatic rings. The molecule has 0 aliphatic heterocycles. The molecular formula is C13H21NO2S2. The normalized spacial score (nSPS) is 13.3. The summed E-state index contributed by atoms with van der Waals surface area (Å²) in [6.45, 7) is 4.90. The number of anilines is 1. The second kappa shape index (κ2) is 7.04. The van der Waals surface area contributed by atoms with Gasteiger partial charge in [0.05, 0.1) is 10.6 Å². The summed E-state index contributed by atoms with van der Waals surface area (Å²) < 4.78 is 23.7. The van der Waals surface area contributed by atoms with Crippen molar-refractivity contribution in [1.82, 2.24) is 0 Å². The van der Waals surface area contributed by atoms with Gasteiger partial charge in [-0.25, -0.2) is 8.42 Å². The molecule has 0 radical (unpaired) electrons.